The molecule has 0 amide bonds. The summed E-state index contributed by atoms with van der Waals surface area (Å²) in [7, 11) is 0. The Morgan fingerprint density at radius 2 is 2.23 bits per heavy atom. The summed E-state index contributed by atoms with van der Waals surface area (Å²) in [4.78, 5) is 10.9. The highest BCUT2D eigenvalue weighted by Crippen LogP contribution is 2.29. The second-order valence-corrected chi connectivity index (χ2v) is 4.02. The number of aliphatic carboxylic acids is 1. The normalized spacial score (nSPS) is 17.5. The predicted molar refractivity (Wildman–Crippen MR) is 54.6 cm³/mol. The monoisotopic (exact) mass is 184 g/mol. The lowest BCUT2D eigenvalue weighted by atomic mass is 9.80. The van der Waals surface area contributed by atoms with E-state index < -0.39 is 11.4 Å². The highest BCUT2D eigenvalue weighted by molar-refractivity contribution is 5.76. The molecule has 0 aromatic rings. The van der Waals surface area contributed by atoms with Crippen LogP contribution in [0.4, 0.5) is 0 Å². The summed E-state index contributed by atoms with van der Waals surface area (Å²) < 4.78 is 0. The first-order valence-corrected chi connectivity index (χ1v) is 4.83. The summed E-state index contributed by atoms with van der Waals surface area (Å²) in [6.07, 6.45) is 4.41. The van der Waals surface area contributed by atoms with Gasteiger partial charge in [-0.2, -0.15) is 0 Å². The van der Waals surface area contributed by atoms with Crippen molar-refractivity contribution in [2.45, 2.75) is 40.0 Å². The van der Waals surface area contributed by atoms with Crippen molar-refractivity contribution >= 4 is 5.97 Å². The standard InChI is InChI=1S/C11H20O2/c1-5-7-9(3)8-11(4,6-2)10(12)13/h6,9H,2,5,7-8H2,1,3-4H3,(H,12,13). The highest BCUT2D eigenvalue weighted by atomic mass is 16.4. The molecule has 13 heavy (non-hydrogen) atoms. The molecule has 0 aliphatic rings. The molecule has 0 aliphatic carbocycles. The highest BCUT2D eigenvalue weighted by Gasteiger charge is 2.30. The zero-order chi connectivity index (χ0) is 10.5. The third-order valence-corrected chi connectivity index (χ3v) is 2.49. The molecule has 0 radical (unpaired) electrons. The van der Waals surface area contributed by atoms with Gasteiger partial charge in [0.05, 0.1) is 5.41 Å². The van der Waals surface area contributed by atoms with Crippen molar-refractivity contribution in [3.05, 3.63) is 12.7 Å². The van der Waals surface area contributed by atoms with E-state index in [0.717, 1.165) is 12.8 Å². The van der Waals surface area contributed by atoms with Gasteiger partial charge in [0.2, 0.25) is 0 Å². The Labute approximate surface area is 80.7 Å². The van der Waals surface area contributed by atoms with E-state index in [9.17, 15) is 4.79 Å². The van der Waals surface area contributed by atoms with Gasteiger partial charge in [-0.25, -0.2) is 0 Å². The van der Waals surface area contributed by atoms with Gasteiger partial charge >= 0.3 is 5.97 Å². The van der Waals surface area contributed by atoms with Crippen molar-refractivity contribution in [2.75, 3.05) is 0 Å². The fourth-order valence-corrected chi connectivity index (χ4v) is 1.58. The van der Waals surface area contributed by atoms with Gasteiger partial charge in [0, 0.05) is 0 Å². The average Bonchev–Trinajstić information content (AvgIpc) is 2.04. The molecule has 2 heteroatoms. The molecule has 0 aliphatic heterocycles. The SMILES string of the molecule is C=CC(C)(CC(C)CCC)C(=O)O. The van der Waals surface area contributed by atoms with E-state index in [2.05, 4.69) is 20.4 Å². The van der Waals surface area contributed by atoms with Crippen LogP contribution in [0.25, 0.3) is 0 Å². The first kappa shape index (κ1) is 12.2. The molecule has 2 unspecified atom stereocenters. The number of rotatable bonds is 6. The minimum atomic E-state index is -0.773. The molecule has 0 saturated heterocycles. The topological polar surface area (TPSA) is 37.3 Å². The first-order chi connectivity index (χ1) is 5.96. The maximum absolute atomic E-state index is 10.9. The Bertz CT molecular complexity index is 187. The summed E-state index contributed by atoms with van der Waals surface area (Å²) in [5.41, 5.74) is -0.755. The van der Waals surface area contributed by atoms with Crippen molar-refractivity contribution in [3.63, 3.8) is 0 Å². The molecule has 0 bridgehead atoms. The van der Waals surface area contributed by atoms with Crippen molar-refractivity contribution in [2.24, 2.45) is 11.3 Å². The molecule has 0 fully saturated rings. The van der Waals surface area contributed by atoms with Crippen molar-refractivity contribution < 1.29 is 9.90 Å². The van der Waals surface area contributed by atoms with E-state index in [1.165, 1.54) is 0 Å². The average molecular weight is 184 g/mol. The largest absolute Gasteiger partial charge is 0.481 e. The fourth-order valence-electron chi connectivity index (χ4n) is 1.58. The molecule has 0 saturated carbocycles. The molecule has 76 valence electrons. The molecule has 0 spiro atoms. The smallest absolute Gasteiger partial charge is 0.313 e. The van der Waals surface area contributed by atoms with E-state index in [1.54, 1.807) is 13.0 Å². The van der Waals surface area contributed by atoms with E-state index in [0.29, 0.717) is 12.3 Å². The van der Waals surface area contributed by atoms with Crippen LogP contribution in [0, 0.1) is 11.3 Å². The second-order valence-electron chi connectivity index (χ2n) is 4.02. The molecule has 0 aromatic heterocycles. The van der Waals surface area contributed by atoms with Gasteiger partial charge in [0.25, 0.3) is 0 Å². The van der Waals surface area contributed by atoms with E-state index in [-0.39, 0.29) is 0 Å². The molecule has 1 N–H and O–H groups in total. The first-order valence-electron chi connectivity index (χ1n) is 4.83. The second kappa shape index (κ2) is 5.05. The molecule has 0 rings (SSSR count). The number of hydrogen-bond donors (Lipinski definition) is 1. The molecular formula is C11H20O2. The maximum Gasteiger partial charge on any atom is 0.313 e. The van der Waals surface area contributed by atoms with Gasteiger partial charge < -0.3 is 5.11 Å². The Hall–Kier alpha value is -0.790. The van der Waals surface area contributed by atoms with Crippen LogP contribution in [-0.4, -0.2) is 11.1 Å². The molecule has 0 aromatic carbocycles. The summed E-state index contributed by atoms with van der Waals surface area (Å²) in [5.74, 6) is -0.324. The van der Waals surface area contributed by atoms with Gasteiger partial charge in [-0.1, -0.05) is 32.8 Å². The predicted octanol–water partition coefficient (Wildman–Crippen LogP) is 3.09. The van der Waals surface area contributed by atoms with Crippen LogP contribution in [0.3, 0.4) is 0 Å². The zero-order valence-corrected chi connectivity index (χ0v) is 8.84. The van der Waals surface area contributed by atoms with Crippen LogP contribution in [0.2, 0.25) is 0 Å². The quantitative estimate of drug-likeness (QED) is 0.644. The lowest BCUT2D eigenvalue weighted by Gasteiger charge is -2.24. The van der Waals surface area contributed by atoms with Crippen LogP contribution in [0.15, 0.2) is 12.7 Å². The molecule has 0 heterocycles. The van der Waals surface area contributed by atoms with Crippen LogP contribution in [0.5, 0.6) is 0 Å². The number of hydrogen-bond acceptors (Lipinski definition) is 1. The molecule has 2 nitrogen and oxygen atoms in total. The van der Waals surface area contributed by atoms with Gasteiger partial charge in [0.1, 0.15) is 0 Å². The van der Waals surface area contributed by atoms with E-state index in [1.807, 2.05) is 0 Å². The third-order valence-electron chi connectivity index (χ3n) is 2.49. The minimum Gasteiger partial charge on any atom is -0.481 e. The maximum atomic E-state index is 10.9. The summed E-state index contributed by atoms with van der Waals surface area (Å²) in [6, 6.07) is 0. The minimum absolute atomic E-state index is 0.448. The lowest BCUT2D eigenvalue weighted by Crippen LogP contribution is -2.27. The molecular weight excluding hydrogens is 164 g/mol. The van der Waals surface area contributed by atoms with Gasteiger partial charge in [-0.15, -0.1) is 6.58 Å². The summed E-state index contributed by atoms with van der Waals surface area (Å²) in [6.45, 7) is 9.52. The van der Waals surface area contributed by atoms with Crippen LogP contribution in [-0.2, 0) is 4.79 Å². The Kier molecular flexibility index (Phi) is 4.74. The third kappa shape index (κ3) is 3.62. The Balaban J connectivity index is 4.27. The number of carbonyl (C=O) groups is 1. The fraction of sp³-hybridized carbons (Fsp3) is 0.727. The van der Waals surface area contributed by atoms with Crippen molar-refractivity contribution in [3.8, 4) is 0 Å². The van der Waals surface area contributed by atoms with Gasteiger partial charge in [-0.05, 0) is 19.3 Å². The van der Waals surface area contributed by atoms with Crippen LogP contribution < -0.4 is 0 Å². The van der Waals surface area contributed by atoms with Crippen molar-refractivity contribution in [1.82, 2.24) is 0 Å². The Morgan fingerprint density at radius 1 is 1.69 bits per heavy atom. The molecule has 2 atom stereocenters. The van der Waals surface area contributed by atoms with E-state index in [4.69, 9.17) is 5.11 Å². The number of carboxylic acids is 1. The van der Waals surface area contributed by atoms with Gasteiger partial charge in [0.15, 0.2) is 0 Å². The van der Waals surface area contributed by atoms with Gasteiger partial charge in [-0.3, -0.25) is 4.79 Å². The summed E-state index contributed by atoms with van der Waals surface area (Å²) >= 11 is 0. The van der Waals surface area contributed by atoms with Crippen LogP contribution >= 0.6 is 0 Å². The van der Waals surface area contributed by atoms with Crippen LogP contribution in [0.1, 0.15) is 40.0 Å². The van der Waals surface area contributed by atoms with E-state index >= 15 is 0 Å². The number of carboxylic acid groups (broad SMARTS) is 1. The Morgan fingerprint density at radius 3 is 2.54 bits per heavy atom. The van der Waals surface area contributed by atoms with Crippen molar-refractivity contribution in [1.29, 1.82) is 0 Å². The lowest BCUT2D eigenvalue weighted by molar-refractivity contribution is -0.146. The zero-order valence-electron chi connectivity index (χ0n) is 8.84. The summed E-state index contributed by atoms with van der Waals surface area (Å²) in [5, 5.41) is 8.98.